The van der Waals surface area contributed by atoms with Crippen molar-refractivity contribution in [2.24, 2.45) is 0 Å². The van der Waals surface area contributed by atoms with Crippen molar-refractivity contribution in [3.8, 4) is 5.75 Å². The summed E-state index contributed by atoms with van der Waals surface area (Å²) in [5.41, 5.74) is 3.60. The Morgan fingerprint density at radius 1 is 0.783 bits per heavy atom. The topological polar surface area (TPSA) is 9.23 Å². The third-order valence-electron chi connectivity index (χ3n) is 3.69. The van der Waals surface area contributed by atoms with Gasteiger partial charge in [-0.2, -0.15) is 0 Å². The minimum atomic E-state index is -0.227. The molecule has 0 aromatic heterocycles. The average molecular weight is 304 g/mol. The Labute approximate surface area is 135 Å². The van der Waals surface area contributed by atoms with Gasteiger partial charge in [-0.25, -0.2) is 4.39 Å². The van der Waals surface area contributed by atoms with Crippen molar-refractivity contribution in [1.82, 2.24) is 0 Å². The third-order valence-corrected chi connectivity index (χ3v) is 3.69. The largest absolute Gasteiger partial charge is 0.497 e. The molecule has 0 saturated heterocycles. The fraction of sp³-hybridized carbons (Fsp3) is 0.0476. The third kappa shape index (κ3) is 3.49. The second kappa shape index (κ2) is 6.93. The maximum absolute atomic E-state index is 14.0. The molecule has 0 unspecified atom stereocenters. The van der Waals surface area contributed by atoms with E-state index in [2.05, 4.69) is 0 Å². The zero-order valence-electron chi connectivity index (χ0n) is 12.9. The van der Waals surface area contributed by atoms with E-state index in [1.807, 2.05) is 66.7 Å². The van der Waals surface area contributed by atoms with Crippen molar-refractivity contribution in [2.75, 3.05) is 7.11 Å². The van der Waals surface area contributed by atoms with Gasteiger partial charge < -0.3 is 4.74 Å². The van der Waals surface area contributed by atoms with E-state index in [-0.39, 0.29) is 5.82 Å². The normalized spacial score (nSPS) is 11.3. The lowest BCUT2D eigenvalue weighted by Crippen LogP contribution is -1.90. The maximum Gasteiger partial charge on any atom is 0.130 e. The van der Waals surface area contributed by atoms with E-state index >= 15 is 0 Å². The summed E-state index contributed by atoms with van der Waals surface area (Å²) in [7, 11) is 1.64. The lowest BCUT2D eigenvalue weighted by Gasteiger charge is -2.10. The summed E-state index contributed by atoms with van der Waals surface area (Å²) in [5, 5.41) is 0. The summed E-state index contributed by atoms with van der Waals surface area (Å²) >= 11 is 0. The van der Waals surface area contributed by atoms with Crippen molar-refractivity contribution < 1.29 is 9.13 Å². The molecule has 3 aromatic rings. The maximum atomic E-state index is 14.0. The Morgan fingerprint density at radius 2 is 1.39 bits per heavy atom. The molecule has 0 radical (unpaired) electrons. The van der Waals surface area contributed by atoms with E-state index in [1.165, 1.54) is 6.07 Å². The summed E-state index contributed by atoms with van der Waals surface area (Å²) in [4.78, 5) is 0. The SMILES string of the molecule is COc1ccc(/C(=C\c2ccccc2F)c2ccccc2)cc1. The van der Waals surface area contributed by atoms with E-state index in [0.717, 1.165) is 22.4 Å². The zero-order valence-corrected chi connectivity index (χ0v) is 12.9. The molecule has 114 valence electrons. The lowest BCUT2D eigenvalue weighted by molar-refractivity contribution is 0.415. The first-order valence-electron chi connectivity index (χ1n) is 7.44. The van der Waals surface area contributed by atoms with Crippen LogP contribution >= 0.6 is 0 Å². The van der Waals surface area contributed by atoms with E-state index < -0.39 is 0 Å². The van der Waals surface area contributed by atoms with Crippen LogP contribution in [-0.2, 0) is 0 Å². The van der Waals surface area contributed by atoms with Gasteiger partial charge in [0.2, 0.25) is 0 Å². The molecule has 1 nitrogen and oxygen atoms in total. The molecule has 0 aliphatic carbocycles. The van der Waals surface area contributed by atoms with E-state index in [9.17, 15) is 4.39 Å². The fourth-order valence-electron chi connectivity index (χ4n) is 2.47. The van der Waals surface area contributed by atoms with Crippen LogP contribution in [0.5, 0.6) is 5.75 Å². The molecule has 2 heteroatoms. The number of halogens is 1. The molecular formula is C21H17FO. The number of ether oxygens (including phenoxy) is 1. The first-order valence-corrected chi connectivity index (χ1v) is 7.44. The highest BCUT2D eigenvalue weighted by Gasteiger charge is 2.07. The van der Waals surface area contributed by atoms with Crippen molar-refractivity contribution in [3.63, 3.8) is 0 Å². The van der Waals surface area contributed by atoms with Gasteiger partial charge in [0, 0.05) is 5.56 Å². The molecule has 0 amide bonds. The van der Waals surface area contributed by atoms with Gasteiger partial charge in [-0.1, -0.05) is 60.7 Å². The zero-order chi connectivity index (χ0) is 16.1. The number of benzene rings is 3. The molecule has 0 fully saturated rings. The van der Waals surface area contributed by atoms with Crippen LogP contribution in [0.3, 0.4) is 0 Å². The Kier molecular flexibility index (Phi) is 4.53. The molecule has 0 atom stereocenters. The van der Waals surface area contributed by atoms with Crippen molar-refractivity contribution >= 4 is 11.6 Å². The number of methoxy groups -OCH3 is 1. The van der Waals surface area contributed by atoms with Crippen molar-refractivity contribution in [3.05, 3.63) is 101 Å². The molecule has 3 rings (SSSR count). The smallest absolute Gasteiger partial charge is 0.130 e. The molecule has 0 heterocycles. The monoisotopic (exact) mass is 304 g/mol. The second-order valence-electron chi connectivity index (χ2n) is 5.17. The summed E-state index contributed by atoms with van der Waals surface area (Å²) in [6.45, 7) is 0. The number of hydrogen-bond donors (Lipinski definition) is 0. The van der Waals surface area contributed by atoms with Gasteiger partial charge in [0.25, 0.3) is 0 Å². The number of hydrogen-bond acceptors (Lipinski definition) is 1. The standard InChI is InChI=1S/C21H17FO/c1-23-19-13-11-17(12-14-19)20(16-7-3-2-4-8-16)15-18-9-5-6-10-21(18)22/h2-15H,1H3/b20-15-. The molecule has 0 saturated carbocycles. The molecule has 23 heavy (non-hydrogen) atoms. The lowest BCUT2D eigenvalue weighted by atomic mass is 9.95. The molecular weight excluding hydrogens is 287 g/mol. The minimum absolute atomic E-state index is 0.227. The van der Waals surface area contributed by atoms with Crippen LogP contribution in [0.2, 0.25) is 0 Å². The van der Waals surface area contributed by atoms with Gasteiger partial charge >= 0.3 is 0 Å². The first-order chi connectivity index (χ1) is 11.3. The molecule has 0 aliphatic heterocycles. The fourth-order valence-corrected chi connectivity index (χ4v) is 2.47. The Bertz CT molecular complexity index is 805. The summed E-state index contributed by atoms with van der Waals surface area (Å²) in [6.07, 6.45) is 1.88. The molecule has 0 bridgehead atoms. The summed E-state index contributed by atoms with van der Waals surface area (Å²) in [5.74, 6) is 0.571. The van der Waals surface area contributed by atoms with E-state index in [4.69, 9.17) is 4.74 Å². The van der Waals surface area contributed by atoms with Gasteiger partial charge in [0.1, 0.15) is 11.6 Å². The van der Waals surface area contributed by atoms with E-state index in [0.29, 0.717) is 5.56 Å². The minimum Gasteiger partial charge on any atom is -0.497 e. The van der Waals surface area contributed by atoms with Gasteiger partial charge in [0.05, 0.1) is 7.11 Å². The van der Waals surface area contributed by atoms with Crippen LogP contribution in [0, 0.1) is 5.82 Å². The predicted octanol–water partition coefficient (Wildman–Crippen LogP) is 5.42. The van der Waals surface area contributed by atoms with Gasteiger partial charge in [0.15, 0.2) is 0 Å². The van der Waals surface area contributed by atoms with Gasteiger partial charge in [-0.3, -0.25) is 0 Å². The Hall–Kier alpha value is -2.87. The van der Waals surface area contributed by atoms with Gasteiger partial charge in [-0.05, 0) is 41.0 Å². The van der Waals surface area contributed by atoms with Crippen LogP contribution in [0.4, 0.5) is 4.39 Å². The van der Waals surface area contributed by atoms with Crippen molar-refractivity contribution in [2.45, 2.75) is 0 Å². The Balaban J connectivity index is 2.12. The van der Waals surface area contributed by atoms with Crippen LogP contribution in [0.25, 0.3) is 11.6 Å². The predicted molar refractivity (Wildman–Crippen MR) is 92.8 cm³/mol. The number of rotatable bonds is 4. The quantitative estimate of drug-likeness (QED) is 0.584. The highest BCUT2D eigenvalue weighted by molar-refractivity contribution is 5.91. The molecule has 3 aromatic carbocycles. The molecule has 0 aliphatic rings. The van der Waals surface area contributed by atoms with Crippen LogP contribution in [0.1, 0.15) is 16.7 Å². The van der Waals surface area contributed by atoms with E-state index in [1.54, 1.807) is 19.2 Å². The summed E-state index contributed by atoms with van der Waals surface area (Å²) < 4.78 is 19.2. The van der Waals surface area contributed by atoms with Crippen LogP contribution < -0.4 is 4.74 Å². The summed E-state index contributed by atoms with van der Waals surface area (Å²) in [6, 6.07) is 24.6. The van der Waals surface area contributed by atoms with Crippen molar-refractivity contribution in [1.29, 1.82) is 0 Å². The average Bonchev–Trinajstić information content (AvgIpc) is 2.62. The van der Waals surface area contributed by atoms with Crippen LogP contribution in [-0.4, -0.2) is 7.11 Å². The second-order valence-corrected chi connectivity index (χ2v) is 5.17. The van der Waals surface area contributed by atoms with Gasteiger partial charge in [-0.15, -0.1) is 0 Å². The first kappa shape index (κ1) is 15.0. The molecule has 0 N–H and O–H groups in total. The molecule has 0 spiro atoms. The highest BCUT2D eigenvalue weighted by atomic mass is 19.1. The van der Waals surface area contributed by atoms with Crippen LogP contribution in [0.15, 0.2) is 78.9 Å². The Morgan fingerprint density at radius 3 is 2.04 bits per heavy atom. The highest BCUT2D eigenvalue weighted by Crippen LogP contribution is 2.28.